The molecule has 0 saturated carbocycles. The fourth-order valence-electron chi connectivity index (χ4n) is 2.64. The van der Waals surface area contributed by atoms with E-state index in [-0.39, 0.29) is 6.61 Å². The Hall–Kier alpha value is -2.28. The standard InChI is InChI=1S/C21H29NO5/c1-24-19-7-4-16(5-8-19)10-11-22-13-18(23)15-27-14-17-6-9-20(25-2)21(12-17)26-3/h4-9,12,18,22-23H,10-11,13-15H2,1-3H3. The van der Waals surface area contributed by atoms with E-state index in [4.69, 9.17) is 18.9 Å². The summed E-state index contributed by atoms with van der Waals surface area (Å²) in [6.45, 7) is 1.95. The molecule has 27 heavy (non-hydrogen) atoms. The van der Waals surface area contributed by atoms with Gasteiger partial charge in [-0.05, 0) is 48.4 Å². The molecule has 0 fully saturated rings. The summed E-state index contributed by atoms with van der Waals surface area (Å²) < 4.78 is 21.2. The number of rotatable bonds is 12. The molecule has 0 amide bonds. The van der Waals surface area contributed by atoms with Gasteiger partial charge in [0.25, 0.3) is 0 Å². The zero-order valence-corrected chi connectivity index (χ0v) is 16.2. The van der Waals surface area contributed by atoms with Crippen LogP contribution in [0.4, 0.5) is 0 Å². The average Bonchev–Trinajstić information content (AvgIpc) is 2.71. The van der Waals surface area contributed by atoms with Gasteiger partial charge >= 0.3 is 0 Å². The molecule has 0 aliphatic rings. The minimum Gasteiger partial charge on any atom is -0.497 e. The third kappa shape index (κ3) is 7.09. The molecular weight excluding hydrogens is 346 g/mol. The molecule has 0 spiro atoms. The highest BCUT2D eigenvalue weighted by atomic mass is 16.5. The van der Waals surface area contributed by atoms with Gasteiger partial charge in [-0.1, -0.05) is 18.2 Å². The van der Waals surface area contributed by atoms with Crippen LogP contribution in [0.15, 0.2) is 42.5 Å². The van der Waals surface area contributed by atoms with Crippen molar-refractivity contribution in [3.63, 3.8) is 0 Å². The number of hydrogen-bond donors (Lipinski definition) is 2. The largest absolute Gasteiger partial charge is 0.497 e. The van der Waals surface area contributed by atoms with Gasteiger partial charge in [0.05, 0.1) is 40.6 Å². The molecule has 148 valence electrons. The molecule has 0 heterocycles. The molecule has 2 aromatic carbocycles. The smallest absolute Gasteiger partial charge is 0.161 e. The van der Waals surface area contributed by atoms with Crippen LogP contribution < -0.4 is 19.5 Å². The molecule has 2 aromatic rings. The first-order valence-electron chi connectivity index (χ1n) is 8.96. The van der Waals surface area contributed by atoms with Gasteiger partial charge in [0, 0.05) is 6.54 Å². The van der Waals surface area contributed by atoms with Gasteiger partial charge < -0.3 is 29.4 Å². The summed E-state index contributed by atoms with van der Waals surface area (Å²) in [6.07, 6.45) is 0.337. The van der Waals surface area contributed by atoms with Crippen LogP contribution in [0, 0.1) is 0 Å². The highest BCUT2D eigenvalue weighted by molar-refractivity contribution is 5.42. The Morgan fingerprint density at radius 3 is 2.26 bits per heavy atom. The molecule has 0 saturated heterocycles. The summed E-state index contributed by atoms with van der Waals surface area (Å²) in [6, 6.07) is 13.6. The first-order chi connectivity index (χ1) is 13.2. The predicted molar refractivity (Wildman–Crippen MR) is 105 cm³/mol. The highest BCUT2D eigenvalue weighted by Gasteiger charge is 2.07. The Morgan fingerprint density at radius 1 is 0.889 bits per heavy atom. The number of aliphatic hydroxyl groups is 1. The SMILES string of the molecule is COc1ccc(CCNCC(O)COCc2ccc(OC)c(OC)c2)cc1. The molecule has 0 bridgehead atoms. The summed E-state index contributed by atoms with van der Waals surface area (Å²) in [4.78, 5) is 0. The van der Waals surface area contributed by atoms with Gasteiger partial charge in [0.2, 0.25) is 0 Å². The normalized spacial score (nSPS) is 11.9. The van der Waals surface area contributed by atoms with Gasteiger partial charge in [-0.15, -0.1) is 0 Å². The maximum atomic E-state index is 10.0. The number of ether oxygens (including phenoxy) is 4. The van der Waals surface area contributed by atoms with Crippen molar-refractivity contribution in [2.24, 2.45) is 0 Å². The fourth-order valence-corrected chi connectivity index (χ4v) is 2.64. The predicted octanol–water partition coefficient (Wildman–Crippen LogP) is 2.42. The topological polar surface area (TPSA) is 69.2 Å². The lowest BCUT2D eigenvalue weighted by atomic mass is 10.1. The van der Waals surface area contributed by atoms with Crippen LogP contribution in [0.25, 0.3) is 0 Å². The van der Waals surface area contributed by atoms with Crippen molar-refractivity contribution in [1.29, 1.82) is 0 Å². The van der Waals surface area contributed by atoms with Gasteiger partial charge in [0.1, 0.15) is 5.75 Å². The zero-order valence-electron chi connectivity index (χ0n) is 16.2. The van der Waals surface area contributed by atoms with Gasteiger partial charge in [-0.25, -0.2) is 0 Å². The third-order valence-electron chi connectivity index (χ3n) is 4.16. The Kier molecular flexibility index (Phi) is 8.91. The van der Waals surface area contributed by atoms with Crippen molar-refractivity contribution >= 4 is 0 Å². The van der Waals surface area contributed by atoms with Crippen molar-refractivity contribution < 1.29 is 24.1 Å². The number of hydrogen-bond acceptors (Lipinski definition) is 6. The highest BCUT2D eigenvalue weighted by Crippen LogP contribution is 2.27. The van der Waals surface area contributed by atoms with Crippen LogP contribution in [-0.2, 0) is 17.8 Å². The van der Waals surface area contributed by atoms with E-state index in [2.05, 4.69) is 5.32 Å². The summed E-state index contributed by atoms with van der Waals surface area (Å²) in [7, 11) is 4.86. The second kappa shape index (κ2) is 11.4. The van der Waals surface area contributed by atoms with Crippen molar-refractivity contribution in [1.82, 2.24) is 5.32 Å². The van der Waals surface area contributed by atoms with E-state index in [1.54, 1.807) is 21.3 Å². The molecule has 2 N–H and O–H groups in total. The Morgan fingerprint density at radius 2 is 1.59 bits per heavy atom. The number of nitrogens with one attached hydrogen (secondary N) is 1. The molecule has 0 radical (unpaired) electrons. The van der Waals surface area contributed by atoms with Crippen LogP contribution in [-0.4, -0.2) is 52.2 Å². The first-order valence-corrected chi connectivity index (χ1v) is 8.96. The van der Waals surface area contributed by atoms with E-state index >= 15 is 0 Å². The Labute approximate surface area is 161 Å². The zero-order chi connectivity index (χ0) is 19.5. The lowest BCUT2D eigenvalue weighted by Gasteiger charge is -2.13. The van der Waals surface area contributed by atoms with Gasteiger partial charge in [0.15, 0.2) is 11.5 Å². The Bertz CT molecular complexity index is 675. The van der Waals surface area contributed by atoms with E-state index < -0.39 is 6.10 Å². The quantitative estimate of drug-likeness (QED) is 0.556. The van der Waals surface area contributed by atoms with Crippen LogP contribution in [0.3, 0.4) is 0 Å². The lowest BCUT2D eigenvalue weighted by molar-refractivity contribution is 0.0289. The molecule has 0 aliphatic carbocycles. The fraction of sp³-hybridized carbons (Fsp3) is 0.429. The van der Waals surface area contributed by atoms with E-state index in [1.165, 1.54) is 5.56 Å². The number of aliphatic hydroxyl groups excluding tert-OH is 1. The molecule has 0 aromatic heterocycles. The second-order valence-corrected chi connectivity index (χ2v) is 6.16. The summed E-state index contributed by atoms with van der Waals surface area (Å²) in [5, 5.41) is 13.3. The van der Waals surface area contributed by atoms with E-state index in [9.17, 15) is 5.11 Å². The van der Waals surface area contributed by atoms with Gasteiger partial charge in [-0.3, -0.25) is 0 Å². The van der Waals surface area contributed by atoms with E-state index in [1.807, 2.05) is 42.5 Å². The molecular formula is C21H29NO5. The molecule has 2 rings (SSSR count). The monoisotopic (exact) mass is 375 g/mol. The van der Waals surface area contributed by atoms with Crippen molar-refractivity contribution in [2.45, 2.75) is 19.1 Å². The van der Waals surface area contributed by atoms with E-state index in [0.29, 0.717) is 24.7 Å². The number of benzene rings is 2. The summed E-state index contributed by atoms with van der Waals surface area (Å²) >= 11 is 0. The van der Waals surface area contributed by atoms with Gasteiger partial charge in [-0.2, -0.15) is 0 Å². The molecule has 6 nitrogen and oxygen atoms in total. The van der Waals surface area contributed by atoms with Crippen LogP contribution in [0.2, 0.25) is 0 Å². The summed E-state index contributed by atoms with van der Waals surface area (Å²) in [5.41, 5.74) is 2.19. The molecule has 1 atom stereocenters. The van der Waals surface area contributed by atoms with Crippen molar-refractivity contribution in [3.8, 4) is 17.2 Å². The lowest BCUT2D eigenvalue weighted by Crippen LogP contribution is -2.31. The van der Waals surface area contributed by atoms with Crippen molar-refractivity contribution in [2.75, 3.05) is 41.0 Å². The van der Waals surface area contributed by atoms with Crippen LogP contribution >= 0.6 is 0 Å². The minimum absolute atomic E-state index is 0.268. The van der Waals surface area contributed by atoms with Crippen LogP contribution in [0.1, 0.15) is 11.1 Å². The minimum atomic E-state index is -0.555. The Balaban J connectivity index is 1.62. The molecule has 6 heteroatoms. The van der Waals surface area contributed by atoms with Crippen LogP contribution in [0.5, 0.6) is 17.2 Å². The summed E-state index contributed by atoms with van der Waals surface area (Å²) in [5.74, 6) is 2.20. The van der Waals surface area contributed by atoms with E-state index in [0.717, 1.165) is 24.3 Å². The number of methoxy groups -OCH3 is 3. The second-order valence-electron chi connectivity index (χ2n) is 6.16. The maximum absolute atomic E-state index is 10.0. The molecule has 1 unspecified atom stereocenters. The maximum Gasteiger partial charge on any atom is 0.161 e. The first kappa shape index (κ1) is 21.0. The molecule has 0 aliphatic heterocycles. The average molecular weight is 375 g/mol. The third-order valence-corrected chi connectivity index (χ3v) is 4.16. The van der Waals surface area contributed by atoms with Crippen molar-refractivity contribution in [3.05, 3.63) is 53.6 Å².